The maximum Gasteiger partial charge on any atom is 0.328 e. The summed E-state index contributed by atoms with van der Waals surface area (Å²) < 4.78 is 0. The van der Waals surface area contributed by atoms with Gasteiger partial charge in [-0.15, -0.1) is 9.24 Å². The molecule has 1 atom stereocenters. The van der Waals surface area contributed by atoms with Crippen LogP contribution in [0.2, 0.25) is 0 Å². The Morgan fingerprint density at radius 2 is 1.89 bits per heavy atom. The number of benzene rings is 1. The SMILES string of the molecule is O=C(O)/C=C/c1ccc(-c2ccc(P)cn2)cc1. The standard InChI is InChI=1S/C14H12NO2P/c16-14(17)8-3-10-1-4-11(5-2-10)13-7-6-12(18)9-15-13/h1-9H,18H2,(H,16,17)/b8-3+. The normalized spacial score (nSPS) is 10.7. The fourth-order valence-corrected chi connectivity index (χ4v) is 1.68. The summed E-state index contributed by atoms with van der Waals surface area (Å²) in [5.74, 6) is -0.947. The number of aliphatic carboxylic acids is 1. The largest absolute Gasteiger partial charge is 0.478 e. The molecule has 0 fully saturated rings. The van der Waals surface area contributed by atoms with Gasteiger partial charge in [0.15, 0.2) is 0 Å². The molecule has 0 amide bonds. The van der Waals surface area contributed by atoms with E-state index in [0.29, 0.717) is 0 Å². The van der Waals surface area contributed by atoms with E-state index in [9.17, 15) is 4.79 Å². The second-order valence-electron chi connectivity index (χ2n) is 3.77. The van der Waals surface area contributed by atoms with Crippen LogP contribution in [-0.4, -0.2) is 16.1 Å². The molecular weight excluding hydrogens is 245 g/mol. The van der Waals surface area contributed by atoms with Crippen LogP contribution in [0.4, 0.5) is 0 Å². The highest BCUT2D eigenvalue weighted by Crippen LogP contribution is 2.17. The van der Waals surface area contributed by atoms with Crippen LogP contribution in [0.5, 0.6) is 0 Å². The molecule has 1 N–H and O–H groups in total. The van der Waals surface area contributed by atoms with Crippen LogP contribution in [0.3, 0.4) is 0 Å². The summed E-state index contributed by atoms with van der Waals surface area (Å²) in [5, 5.41) is 9.58. The van der Waals surface area contributed by atoms with E-state index < -0.39 is 5.97 Å². The minimum atomic E-state index is -0.947. The molecule has 1 heterocycles. The Morgan fingerprint density at radius 1 is 1.17 bits per heavy atom. The molecule has 1 aromatic heterocycles. The van der Waals surface area contributed by atoms with Crippen LogP contribution >= 0.6 is 9.24 Å². The molecule has 2 rings (SSSR count). The van der Waals surface area contributed by atoms with Crippen LogP contribution in [0.25, 0.3) is 17.3 Å². The average Bonchev–Trinajstić information content (AvgIpc) is 2.38. The summed E-state index contributed by atoms with van der Waals surface area (Å²) >= 11 is 0. The first-order valence-electron chi connectivity index (χ1n) is 5.38. The smallest absolute Gasteiger partial charge is 0.328 e. The minimum absolute atomic E-state index is 0.851. The van der Waals surface area contributed by atoms with Gasteiger partial charge in [-0.3, -0.25) is 4.98 Å². The quantitative estimate of drug-likeness (QED) is 0.678. The van der Waals surface area contributed by atoms with E-state index in [1.165, 1.54) is 0 Å². The number of hydrogen-bond donors (Lipinski definition) is 1. The highest BCUT2D eigenvalue weighted by Gasteiger charge is 1.98. The van der Waals surface area contributed by atoms with Gasteiger partial charge in [-0.05, 0) is 23.0 Å². The van der Waals surface area contributed by atoms with Crippen LogP contribution in [0.15, 0.2) is 48.7 Å². The van der Waals surface area contributed by atoms with Gasteiger partial charge in [0, 0.05) is 17.8 Å². The minimum Gasteiger partial charge on any atom is -0.478 e. The number of nitrogens with zero attached hydrogens (tertiary/aromatic N) is 1. The molecule has 0 aliphatic rings. The maximum atomic E-state index is 10.4. The Bertz CT molecular complexity index is 574. The van der Waals surface area contributed by atoms with Crippen molar-refractivity contribution >= 4 is 26.6 Å². The molecule has 0 spiro atoms. The van der Waals surface area contributed by atoms with Gasteiger partial charge in [0.1, 0.15) is 0 Å². The zero-order chi connectivity index (χ0) is 13.0. The van der Waals surface area contributed by atoms with E-state index in [-0.39, 0.29) is 0 Å². The molecule has 90 valence electrons. The van der Waals surface area contributed by atoms with Gasteiger partial charge in [0.25, 0.3) is 0 Å². The van der Waals surface area contributed by atoms with E-state index in [1.807, 2.05) is 36.4 Å². The van der Waals surface area contributed by atoms with Gasteiger partial charge in [0.2, 0.25) is 0 Å². The van der Waals surface area contributed by atoms with Crippen molar-refractivity contribution in [3.8, 4) is 11.3 Å². The maximum absolute atomic E-state index is 10.4. The topological polar surface area (TPSA) is 50.2 Å². The first kappa shape index (κ1) is 12.5. The van der Waals surface area contributed by atoms with Gasteiger partial charge in [-0.25, -0.2) is 4.79 Å². The van der Waals surface area contributed by atoms with E-state index in [1.54, 1.807) is 12.3 Å². The number of carboxylic acid groups (broad SMARTS) is 1. The van der Waals surface area contributed by atoms with Crippen molar-refractivity contribution in [1.29, 1.82) is 0 Å². The van der Waals surface area contributed by atoms with Crippen molar-refractivity contribution in [3.05, 3.63) is 54.2 Å². The second-order valence-corrected chi connectivity index (χ2v) is 4.44. The van der Waals surface area contributed by atoms with Crippen LogP contribution in [0, 0.1) is 0 Å². The van der Waals surface area contributed by atoms with Gasteiger partial charge in [-0.1, -0.05) is 30.3 Å². The molecule has 0 aliphatic heterocycles. The third-order valence-electron chi connectivity index (χ3n) is 2.41. The number of rotatable bonds is 3. The molecular formula is C14H12NO2P. The molecule has 2 aromatic rings. The molecule has 0 bridgehead atoms. The number of carbonyl (C=O) groups is 1. The number of carboxylic acids is 1. The predicted molar refractivity (Wildman–Crippen MR) is 75.7 cm³/mol. The lowest BCUT2D eigenvalue weighted by Gasteiger charge is -2.01. The first-order chi connectivity index (χ1) is 8.65. The van der Waals surface area contributed by atoms with Crippen molar-refractivity contribution in [2.75, 3.05) is 0 Å². The lowest BCUT2D eigenvalue weighted by Crippen LogP contribution is -1.92. The lowest BCUT2D eigenvalue weighted by molar-refractivity contribution is -0.131. The first-order valence-corrected chi connectivity index (χ1v) is 5.96. The molecule has 0 aliphatic carbocycles. The monoisotopic (exact) mass is 257 g/mol. The summed E-state index contributed by atoms with van der Waals surface area (Å²) in [7, 11) is 2.59. The zero-order valence-corrected chi connectivity index (χ0v) is 10.7. The molecule has 1 unspecified atom stereocenters. The van der Waals surface area contributed by atoms with Crippen molar-refractivity contribution < 1.29 is 9.90 Å². The van der Waals surface area contributed by atoms with E-state index in [0.717, 1.165) is 28.2 Å². The zero-order valence-electron chi connectivity index (χ0n) is 9.58. The molecule has 3 nitrogen and oxygen atoms in total. The van der Waals surface area contributed by atoms with Crippen molar-refractivity contribution in [1.82, 2.24) is 4.98 Å². The lowest BCUT2D eigenvalue weighted by atomic mass is 10.1. The Hall–Kier alpha value is -1.99. The highest BCUT2D eigenvalue weighted by atomic mass is 31.0. The Kier molecular flexibility index (Phi) is 3.85. The summed E-state index contributed by atoms with van der Waals surface area (Å²) in [6.45, 7) is 0. The van der Waals surface area contributed by atoms with E-state index in [4.69, 9.17) is 5.11 Å². The van der Waals surface area contributed by atoms with E-state index >= 15 is 0 Å². The van der Waals surface area contributed by atoms with Crippen molar-refractivity contribution in [2.24, 2.45) is 0 Å². The second kappa shape index (κ2) is 5.56. The fraction of sp³-hybridized carbons (Fsp3) is 0. The Balaban J connectivity index is 2.22. The molecule has 18 heavy (non-hydrogen) atoms. The van der Waals surface area contributed by atoms with Gasteiger partial charge in [0.05, 0.1) is 5.69 Å². The number of pyridine rings is 1. The van der Waals surface area contributed by atoms with Crippen molar-refractivity contribution in [3.63, 3.8) is 0 Å². The summed E-state index contributed by atoms with van der Waals surface area (Å²) in [5.41, 5.74) is 2.76. The average molecular weight is 257 g/mol. The van der Waals surface area contributed by atoms with Crippen LogP contribution in [0.1, 0.15) is 5.56 Å². The van der Waals surface area contributed by atoms with Crippen LogP contribution < -0.4 is 5.30 Å². The highest BCUT2D eigenvalue weighted by molar-refractivity contribution is 7.27. The Labute approximate surface area is 107 Å². The molecule has 0 radical (unpaired) electrons. The van der Waals surface area contributed by atoms with E-state index in [2.05, 4.69) is 14.2 Å². The molecule has 0 saturated carbocycles. The van der Waals surface area contributed by atoms with Gasteiger partial charge in [-0.2, -0.15) is 0 Å². The summed E-state index contributed by atoms with van der Waals surface area (Å²) in [4.78, 5) is 14.7. The third-order valence-corrected chi connectivity index (χ3v) is 2.75. The molecule has 4 heteroatoms. The fourth-order valence-electron chi connectivity index (χ4n) is 1.51. The number of hydrogen-bond acceptors (Lipinski definition) is 2. The van der Waals surface area contributed by atoms with Crippen molar-refractivity contribution in [2.45, 2.75) is 0 Å². The molecule has 1 aromatic carbocycles. The van der Waals surface area contributed by atoms with Gasteiger partial charge < -0.3 is 5.11 Å². The summed E-state index contributed by atoms with van der Waals surface area (Å²) in [6.07, 6.45) is 4.47. The Morgan fingerprint density at radius 3 is 2.44 bits per heavy atom. The predicted octanol–water partition coefficient (Wildman–Crippen LogP) is 2.35. The summed E-state index contributed by atoms with van der Waals surface area (Å²) in [6, 6.07) is 11.5. The van der Waals surface area contributed by atoms with Crippen LogP contribution in [-0.2, 0) is 4.79 Å². The van der Waals surface area contributed by atoms with Gasteiger partial charge >= 0.3 is 5.97 Å². The number of aromatic nitrogens is 1. The third kappa shape index (κ3) is 3.25. The molecule has 0 saturated heterocycles.